The van der Waals surface area contributed by atoms with E-state index in [4.69, 9.17) is 5.73 Å². The number of aryl methyl sites for hydroxylation is 1. The number of nitro benzene ring substituents is 1. The summed E-state index contributed by atoms with van der Waals surface area (Å²) in [6.07, 6.45) is 0. The van der Waals surface area contributed by atoms with Gasteiger partial charge >= 0.3 is 0 Å². The topological polar surface area (TPSA) is 106 Å². The zero-order valence-corrected chi connectivity index (χ0v) is 13.4. The first-order chi connectivity index (χ1) is 12.0. The molecule has 6 heteroatoms. The van der Waals surface area contributed by atoms with Crippen LogP contribution in [0.25, 0.3) is 22.4 Å². The fraction of sp³-hybridized carbons (Fsp3) is 0.0526. The molecule has 0 aliphatic rings. The highest BCUT2D eigenvalue weighted by molar-refractivity contribution is 5.82. The molecule has 0 spiro atoms. The Morgan fingerprint density at radius 1 is 1.12 bits per heavy atom. The van der Waals surface area contributed by atoms with Gasteiger partial charge in [-0.1, -0.05) is 42.0 Å². The lowest BCUT2D eigenvalue weighted by atomic mass is 9.97. The van der Waals surface area contributed by atoms with Crippen LogP contribution in [0.4, 0.5) is 11.5 Å². The van der Waals surface area contributed by atoms with E-state index >= 15 is 0 Å². The smallest absolute Gasteiger partial charge is 0.278 e. The summed E-state index contributed by atoms with van der Waals surface area (Å²) < 4.78 is 0. The van der Waals surface area contributed by atoms with Gasteiger partial charge < -0.3 is 5.73 Å². The first-order valence-electron chi connectivity index (χ1n) is 7.52. The van der Waals surface area contributed by atoms with Crippen molar-refractivity contribution in [3.8, 4) is 28.5 Å². The second kappa shape index (κ2) is 6.42. The highest BCUT2D eigenvalue weighted by Gasteiger charge is 2.19. The van der Waals surface area contributed by atoms with Crippen molar-refractivity contribution < 1.29 is 4.92 Å². The number of anilines is 1. The zero-order chi connectivity index (χ0) is 18.0. The molecule has 0 amide bonds. The molecule has 0 bridgehead atoms. The quantitative estimate of drug-likeness (QED) is 0.575. The van der Waals surface area contributed by atoms with Crippen molar-refractivity contribution >= 4 is 11.5 Å². The Balaban J connectivity index is 2.27. The van der Waals surface area contributed by atoms with E-state index in [0.29, 0.717) is 16.8 Å². The maximum atomic E-state index is 11.3. The SMILES string of the molecule is Cc1ccc(-c2cc(-c3ccccc3[N+](=O)[O-])nc(N)c2C#N)cc1. The van der Waals surface area contributed by atoms with Crippen molar-refractivity contribution in [2.45, 2.75) is 6.92 Å². The number of nitrogen functional groups attached to an aromatic ring is 1. The molecule has 3 aromatic rings. The molecule has 0 fully saturated rings. The lowest BCUT2D eigenvalue weighted by Crippen LogP contribution is -2.01. The fourth-order valence-electron chi connectivity index (χ4n) is 2.63. The van der Waals surface area contributed by atoms with Crippen LogP contribution in [0.3, 0.4) is 0 Å². The van der Waals surface area contributed by atoms with E-state index in [9.17, 15) is 15.4 Å². The van der Waals surface area contributed by atoms with Crippen LogP contribution in [0.2, 0.25) is 0 Å². The molecular weight excluding hydrogens is 316 g/mol. The highest BCUT2D eigenvalue weighted by Crippen LogP contribution is 2.34. The van der Waals surface area contributed by atoms with Gasteiger partial charge in [0.1, 0.15) is 17.5 Å². The van der Waals surface area contributed by atoms with Crippen molar-refractivity contribution in [3.63, 3.8) is 0 Å². The Kier molecular flexibility index (Phi) is 4.14. The molecule has 25 heavy (non-hydrogen) atoms. The van der Waals surface area contributed by atoms with E-state index in [2.05, 4.69) is 11.1 Å². The third kappa shape index (κ3) is 3.03. The van der Waals surface area contributed by atoms with E-state index < -0.39 is 4.92 Å². The van der Waals surface area contributed by atoms with Crippen LogP contribution in [0.15, 0.2) is 54.6 Å². The van der Waals surface area contributed by atoms with Gasteiger partial charge in [-0.25, -0.2) is 4.98 Å². The van der Waals surface area contributed by atoms with Crippen LogP contribution in [-0.2, 0) is 0 Å². The number of nitro groups is 1. The lowest BCUT2D eigenvalue weighted by Gasteiger charge is -2.10. The summed E-state index contributed by atoms with van der Waals surface area (Å²) in [4.78, 5) is 15.0. The third-order valence-corrected chi connectivity index (χ3v) is 3.90. The predicted molar refractivity (Wildman–Crippen MR) is 95.6 cm³/mol. The molecule has 0 saturated heterocycles. The van der Waals surface area contributed by atoms with E-state index in [0.717, 1.165) is 11.1 Å². The molecule has 122 valence electrons. The first kappa shape index (κ1) is 16.1. The van der Waals surface area contributed by atoms with E-state index in [1.165, 1.54) is 6.07 Å². The Hall–Kier alpha value is -3.72. The molecule has 1 heterocycles. The van der Waals surface area contributed by atoms with Crippen molar-refractivity contribution in [2.75, 3.05) is 5.73 Å². The van der Waals surface area contributed by atoms with Crippen LogP contribution in [0.5, 0.6) is 0 Å². The molecule has 0 atom stereocenters. The van der Waals surface area contributed by atoms with Crippen LogP contribution in [0, 0.1) is 28.4 Å². The normalized spacial score (nSPS) is 10.2. The van der Waals surface area contributed by atoms with Crippen LogP contribution in [-0.4, -0.2) is 9.91 Å². The second-order valence-electron chi connectivity index (χ2n) is 5.57. The van der Waals surface area contributed by atoms with E-state index in [1.54, 1.807) is 24.3 Å². The van der Waals surface area contributed by atoms with Crippen molar-refractivity contribution in [1.82, 2.24) is 4.98 Å². The number of nitrogens with zero attached hydrogens (tertiary/aromatic N) is 3. The summed E-state index contributed by atoms with van der Waals surface area (Å²) >= 11 is 0. The molecule has 2 N–H and O–H groups in total. The molecule has 2 aromatic carbocycles. The summed E-state index contributed by atoms with van der Waals surface area (Å²) in [6, 6.07) is 17.7. The molecule has 0 radical (unpaired) electrons. The maximum absolute atomic E-state index is 11.3. The Morgan fingerprint density at radius 3 is 2.44 bits per heavy atom. The van der Waals surface area contributed by atoms with Gasteiger partial charge in [0.05, 0.1) is 16.2 Å². The van der Waals surface area contributed by atoms with Gasteiger partial charge in [-0.15, -0.1) is 0 Å². The second-order valence-corrected chi connectivity index (χ2v) is 5.57. The summed E-state index contributed by atoms with van der Waals surface area (Å²) in [6.45, 7) is 1.97. The predicted octanol–water partition coefficient (Wildman–Crippen LogP) is 4.09. The van der Waals surface area contributed by atoms with Gasteiger partial charge in [-0.05, 0) is 24.6 Å². The summed E-state index contributed by atoms with van der Waals surface area (Å²) in [5.74, 6) is 0.0497. The van der Waals surface area contributed by atoms with Crippen LogP contribution < -0.4 is 5.73 Å². The standard InChI is InChI=1S/C19H14N4O2/c1-12-6-8-13(9-7-12)15-10-17(22-19(21)16(15)11-20)14-4-2-3-5-18(14)23(24)25/h2-10H,1H3,(H2,21,22). The summed E-state index contributed by atoms with van der Waals surface area (Å²) in [5, 5.41) is 20.7. The minimum absolute atomic E-state index is 0.0497. The lowest BCUT2D eigenvalue weighted by molar-refractivity contribution is -0.384. The number of aromatic nitrogens is 1. The molecule has 0 saturated carbocycles. The minimum atomic E-state index is -0.461. The number of hydrogen-bond donors (Lipinski definition) is 1. The zero-order valence-electron chi connectivity index (χ0n) is 13.4. The molecular formula is C19H14N4O2. The van der Waals surface area contributed by atoms with E-state index in [-0.39, 0.29) is 17.1 Å². The molecule has 3 rings (SSSR count). The minimum Gasteiger partial charge on any atom is -0.383 e. The van der Waals surface area contributed by atoms with E-state index in [1.807, 2.05) is 31.2 Å². The van der Waals surface area contributed by atoms with Gasteiger partial charge in [0, 0.05) is 11.6 Å². The van der Waals surface area contributed by atoms with Gasteiger partial charge in [0.2, 0.25) is 0 Å². The maximum Gasteiger partial charge on any atom is 0.278 e. The molecule has 1 aromatic heterocycles. The fourth-order valence-corrected chi connectivity index (χ4v) is 2.63. The number of benzene rings is 2. The summed E-state index contributed by atoms with van der Waals surface area (Å²) in [7, 11) is 0. The highest BCUT2D eigenvalue weighted by atomic mass is 16.6. The Morgan fingerprint density at radius 2 is 1.80 bits per heavy atom. The number of nitriles is 1. The van der Waals surface area contributed by atoms with Gasteiger partial charge in [-0.3, -0.25) is 10.1 Å². The molecule has 6 nitrogen and oxygen atoms in total. The number of hydrogen-bond acceptors (Lipinski definition) is 5. The number of para-hydroxylation sites is 1. The third-order valence-electron chi connectivity index (χ3n) is 3.90. The van der Waals surface area contributed by atoms with Crippen molar-refractivity contribution in [3.05, 3.63) is 75.8 Å². The average molecular weight is 330 g/mol. The largest absolute Gasteiger partial charge is 0.383 e. The summed E-state index contributed by atoms with van der Waals surface area (Å²) in [5.41, 5.74) is 9.36. The van der Waals surface area contributed by atoms with Gasteiger partial charge in [-0.2, -0.15) is 5.26 Å². The average Bonchev–Trinajstić information content (AvgIpc) is 2.61. The first-order valence-corrected chi connectivity index (χ1v) is 7.52. The molecule has 0 unspecified atom stereocenters. The number of rotatable bonds is 3. The number of pyridine rings is 1. The van der Waals surface area contributed by atoms with Crippen LogP contribution >= 0.6 is 0 Å². The Bertz CT molecular complexity index is 1000. The van der Waals surface area contributed by atoms with Crippen molar-refractivity contribution in [1.29, 1.82) is 5.26 Å². The Labute approximate surface area is 144 Å². The number of nitrogens with two attached hydrogens (primary N) is 1. The monoisotopic (exact) mass is 330 g/mol. The van der Waals surface area contributed by atoms with Gasteiger partial charge in [0.15, 0.2) is 0 Å². The van der Waals surface area contributed by atoms with Crippen LogP contribution in [0.1, 0.15) is 11.1 Å². The molecule has 0 aliphatic heterocycles. The van der Waals surface area contributed by atoms with Crippen molar-refractivity contribution in [2.24, 2.45) is 0 Å². The molecule has 0 aliphatic carbocycles. The van der Waals surface area contributed by atoms with Gasteiger partial charge in [0.25, 0.3) is 5.69 Å².